The third-order valence-corrected chi connectivity index (χ3v) is 5.90. The Morgan fingerprint density at radius 2 is 1.97 bits per heavy atom. The Labute approximate surface area is 192 Å². The van der Waals surface area contributed by atoms with E-state index in [0.29, 0.717) is 32.0 Å². The summed E-state index contributed by atoms with van der Waals surface area (Å²) in [6.07, 6.45) is 3.22. The Kier molecular flexibility index (Phi) is 11.9. The highest BCUT2D eigenvalue weighted by atomic mass is 127. The van der Waals surface area contributed by atoms with E-state index in [2.05, 4.69) is 45.5 Å². The minimum Gasteiger partial charge on any atom is -0.493 e. The number of aliphatic imine (C=N–C) groups is 1. The van der Waals surface area contributed by atoms with E-state index in [4.69, 9.17) is 4.74 Å². The fourth-order valence-electron chi connectivity index (χ4n) is 2.55. The van der Waals surface area contributed by atoms with Crippen molar-refractivity contribution in [3.05, 3.63) is 29.3 Å². The predicted molar refractivity (Wildman–Crippen MR) is 130 cm³/mol. The topological polar surface area (TPSA) is 91.8 Å². The Morgan fingerprint density at radius 1 is 1.21 bits per heavy atom. The van der Waals surface area contributed by atoms with Crippen LogP contribution in [0.5, 0.6) is 5.75 Å². The summed E-state index contributed by atoms with van der Waals surface area (Å²) >= 11 is 0. The van der Waals surface area contributed by atoms with Crippen LogP contribution < -0.4 is 20.1 Å². The molecule has 7 nitrogen and oxygen atoms in total. The number of rotatable bonds is 12. The van der Waals surface area contributed by atoms with Crippen molar-refractivity contribution in [1.82, 2.24) is 15.4 Å². The molecule has 2 rings (SSSR count). The first-order valence-electron chi connectivity index (χ1n) is 10.1. The monoisotopic (exact) mass is 538 g/mol. The van der Waals surface area contributed by atoms with Gasteiger partial charge < -0.3 is 15.4 Å². The van der Waals surface area contributed by atoms with Gasteiger partial charge >= 0.3 is 0 Å². The average molecular weight is 538 g/mol. The number of nitrogens with zero attached hydrogens (tertiary/aromatic N) is 1. The number of ether oxygens (including phenoxy) is 1. The molecular weight excluding hydrogens is 503 g/mol. The summed E-state index contributed by atoms with van der Waals surface area (Å²) in [5, 5.41) is 6.47. The van der Waals surface area contributed by atoms with Crippen LogP contribution in [0.4, 0.5) is 0 Å². The van der Waals surface area contributed by atoms with Crippen molar-refractivity contribution in [2.75, 3.05) is 32.0 Å². The van der Waals surface area contributed by atoms with Crippen LogP contribution in [-0.2, 0) is 16.6 Å². The average Bonchev–Trinajstić information content (AvgIpc) is 3.49. The maximum Gasteiger partial charge on any atom is 0.211 e. The third kappa shape index (κ3) is 10.5. The molecule has 1 aromatic carbocycles. The molecule has 1 aliphatic rings. The SMILES string of the molecule is CCNC(=NCc1ccc(C)cc1OCC1CC1)NCCCNS(=O)(=O)CC.I. The molecule has 0 spiro atoms. The molecule has 166 valence electrons. The van der Waals surface area contributed by atoms with Crippen molar-refractivity contribution in [3.8, 4) is 5.75 Å². The number of benzene rings is 1. The largest absolute Gasteiger partial charge is 0.493 e. The molecule has 0 unspecified atom stereocenters. The fourth-order valence-corrected chi connectivity index (χ4v) is 3.21. The molecule has 3 N–H and O–H groups in total. The van der Waals surface area contributed by atoms with Crippen molar-refractivity contribution in [1.29, 1.82) is 0 Å². The lowest BCUT2D eigenvalue weighted by Crippen LogP contribution is -2.38. The van der Waals surface area contributed by atoms with E-state index in [-0.39, 0.29) is 29.7 Å². The standard InChI is InChI=1S/C20H34N4O3S.HI/c1-4-21-20(22-11-6-12-24-28(25,26)5-2)23-14-18-10-7-16(3)13-19(18)27-15-17-8-9-17;/h7,10,13,17,24H,4-6,8-9,11-12,14-15H2,1-3H3,(H2,21,22,23);1H. The Bertz CT molecular complexity index is 752. The molecule has 0 aliphatic heterocycles. The second-order valence-corrected chi connectivity index (χ2v) is 9.23. The van der Waals surface area contributed by atoms with Gasteiger partial charge in [-0.05, 0) is 57.6 Å². The van der Waals surface area contributed by atoms with E-state index in [1.807, 2.05) is 6.92 Å². The van der Waals surface area contributed by atoms with Gasteiger partial charge in [0.1, 0.15) is 5.75 Å². The van der Waals surface area contributed by atoms with Gasteiger partial charge in [0.25, 0.3) is 0 Å². The number of sulfonamides is 1. The molecular formula is C20H35IN4O3S. The highest BCUT2D eigenvalue weighted by Gasteiger charge is 2.22. The highest BCUT2D eigenvalue weighted by Crippen LogP contribution is 2.30. The molecule has 0 bridgehead atoms. The molecule has 1 aromatic rings. The molecule has 1 fully saturated rings. The van der Waals surface area contributed by atoms with Crippen LogP contribution in [0.3, 0.4) is 0 Å². The Hall–Kier alpha value is -1.07. The number of hydrogen-bond donors (Lipinski definition) is 3. The first-order chi connectivity index (χ1) is 13.4. The van der Waals surface area contributed by atoms with Gasteiger partial charge in [0.05, 0.1) is 18.9 Å². The van der Waals surface area contributed by atoms with Crippen LogP contribution in [0.2, 0.25) is 0 Å². The number of halogens is 1. The number of hydrogen-bond acceptors (Lipinski definition) is 4. The van der Waals surface area contributed by atoms with Crippen molar-refractivity contribution < 1.29 is 13.2 Å². The van der Waals surface area contributed by atoms with Gasteiger partial charge in [-0.3, -0.25) is 0 Å². The normalized spacial score (nSPS) is 14.2. The number of guanidine groups is 1. The van der Waals surface area contributed by atoms with Crippen LogP contribution in [0.1, 0.15) is 44.2 Å². The Balaban J connectivity index is 0.00000420. The fraction of sp³-hybridized carbons (Fsp3) is 0.650. The molecule has 1 saturated carbocycles. The van der Waals surface area contributed by atoms with Gasteiger partial charge in [-0.15, -0.1) is 24.0 Å². The van der Waals surface area contributed by atoms with Gasteiger partial charge in [-0.25, -0.2) is 18.1 Å². The maximum atomic E-state index is 11.4. The lowest BCUT2D eigenvalue weighted by molar-refractivity contribution is 0.296. The summed E-state index contributed by atoms with van der Waals surface area (Å²) < 4.78 is 31.5. The van der Waals surface area contributed by atoms with Gasteiger partial charge in [-0.2, -0.15) is 0 Å². The van der Waals surface area contributed by atoms with Crippen molar-refractivity contribution in [3.63, 3.8) is 0 Å². The minimum atomic E-state index is -3.13. The van der Waals surface area contributed by atoms with Gasteiger partial charge in [-0.1, -0.05) is 12.1 Å². The van der Waals surface area contributed by atoms with Crippen molar-refractivity contribution in [2.45, 2.75) is 46.6 Å². The molecule has 9 heteroatoms. The molecule has 0 heterocycles. The van der Waals surface area contributed by atoms with Crippen molar-refractivity contribution in [2.24, 2.45) is 10.9 Å². The van der Waals surface area contributed by atoms with Gasteiger partial charge in [0.2, 0.25) is 10.0 Å². The van der Waals surface area contributed by atoms with E-state index >= 15 is 0 Å². The minimum absolute atomic E-state index is 0. The molecule has 1 aliphatic carbocycles. The predicted octanol–water partition coefficient (Wildman–Crippen LogP) is 2.79. The maximum absolute atomic E-state index is 11.4. The van der Waals surface area contributed by atoms with Gasteiger partial charge in [0.15, 0.2) is 5.96 Å². The quantitative estimate of drug-likeness (QED) is 0.165. The highest BCUT2D eigenvalue weighted by molar-refractivity contribution is 14.0. The second kappa shape index (κ2) is 13.3. The van der Waals surface area contributed by atoms with Gasteiger partial charge in [0, 0.05) is 25.2 Å². The summed E-state index contributed by atoms with van der Waals surface area (Å²) in [7, 11) is -3.13. The molecule has 0 aromatic heterocycles. The van der Waals surface area contributed by atoms with E-state index in [9.17, 15) is 8.42 Å². The van der Waals surface area contributed by atoms with E-state index in [1.165, 1.54) is 18.4 Å². The zero-order chi connectivity index (χ0) is 20.4. The second-order valence-electron chi connectivity index (χ2n) is 7.14. The summed E-state index contributed by atoms with van der Waals surface area (Å²) in [5.41, 5.74) is 2.25. The first-order valence-corrected chi connectivity index (χ1v) is 11.8. The third-order valence-electron chi connectivity index (χ3n) is 4.49. The summed E-state index contributed by atoms with van der Waals surface area (Å²) in [4.78, 5) is 4.66. The zero-order valence-corrected chi connectivity index (χ0v) is 20.8. The molecule has 0 atom stereocenters. The Morgan fingerprint density at radius 3 is 2.62 bits per heavy atom. The number of nitrogens with one attached hydrogen (secondary N) is 3. The van der Waals surface area contributed by atoms with Crippen LogP contribution >= 0.6 is 24.0 Å². The summed E-state index contributed by atoms with van der Waals surface area (Å²) in [6, 6.07) is 6.23. The molecule has 0 amide bonds. The zero-order valence-electron chi connectivity index (χ0n) is 17.7. The lowest BCUT2D eigenvalue weighted by atomic mass is 10.1. The van der Waals surface area contributed by atoms with E-state index < -0.39 is 10.0 Å². The molecule has 0 radical (unpaired) electrons. The summed E-state index contributed by atoms with van der Waals surface area (Å²) in [5.74, 6) is 2.45. The molecule has 29 heavy (non-hydrogen) atoms. The van der Waals surface area contributed by atoms with Crippen LogP contribution in [-0.4, -0.2) is 46.4 Å². The van der Waals surface area contributed by atoms with Crippen LogP contribution in [0.15, 0.2) is 23.2 Å². The lowest BCUT2D eigenvalue weighted by Gasteiger charge is -2.14. The van der Waals surface area contributed by atoms with Crippen LogP contribution in [0.25, 0.3) is 0 Å². The smallest absolute Gasteiger partial charge is 0.211 e. The molecule has 0 saturated heterocycles. The summed E-state index contributed by atoms with van der Waals surface area (Å²) in [6.45, 7) is 8.83. The first kappa shape index (κ1) is 26.0. The van der Waals surface area contributed by atoms with Crippen molar-refractivity contribution >= 4 is 40.0 Å². The number of aryl methyl sites for hydroxylation is 1. The van der Waals surface area contributed by atoms with E-state index in [1.54, 1.807) is 6.92 Å². The van der Waals surface area contributed by atoms with Crippen LogP contribution in [0, 0.1) is 12.8 Å². The van der Waals surface area contributed by atoms with E-state index in [0.717, 1.165) is 30.4 Å².